The largest absolute Gasteiger partial charge is 0.394 e. The van der Waals surface area contributed by atoms with E-state index in [1.165, 1.54) is 0 Å². The van der Waals surface area contributed by atoms with Gasteiger partial charge in [0.05, 0.1) is 19.8 Å². The van der Waals surface area contributed by atoms with Crippen molar-refractivity contribution < 1.29 is 14.6 Å². The lowest BCUT2D eigenvalue weighted by atomic mass is 9.96. The minimum absolute atomic E-state index is 0.0830. The Kier molecular flexibility index (Phi) is 7.96. The maximum atomic E-state index is 11.8. The zero-order valence-corrected chi connectivity index (χ0v) is 11.4. The van der Waals surface area contributed by atoms with E-state index in [9.17, 15) is 4.79 Å². The molecule has 0 radical (unpaired) electrons. The normalized spacial score (nSPS) is 17.9. The second-order valence-corrected chi connectivity index (χ2v) is 4.74. The lowest BCUT2D eigenvalue weighted by Gasteiger charge is -2.31. The van der Waals surface area contributed by atoms with Crippen LogP contribution in [0.1, 0.15) is 26.2 Å². The third kappa shape index (κ3) is 5.80. The molecule has 5 heteroatoms. The molecule has 0 aromatic rings. The highest BCUT2D eigenvalue weighted by Crippen LogP contribution is 2.16. The van der Waals surface area contributed by atoms with Crippen LogP contribution < -0.4 is 5.32 Å². The fraction of sp³-hybridized carbons (Fsp3) is 0.923. The Bertz CT molecular complexity index is 228. The third-order valence-electron chi connectivity index (χ3n) is 3.30. The SMILES string of the molecule is CCCNC(=O)C1CCN(CCOCCO)CC1. The molecule has 1 aliphatic rings. The molecule has 106 valence electrons. The average molecular weight is 258 g/mol. The van der Waals surface area contributed by atoms with Gasteiger partial charge in [0.15, 0.2) is 0 Å². The van der Waals surface area contributed by atoms with Crippen molar-refractivity contribution in [3.05, 3.63) is 0 Å². The molecule has 0 bridgehead atoms. The molecule has 1 rings (SSSR count). The molecule has 0 aliphatic carbocycles. The molecule has 0 saturated carbocycles. The molecule has 1 saturated heterocycles. The monoisotopic (exact) mass is 258 g/mol. The Morgan fingerprint density at radius 2 is 2.11 bits per heavy atom. The van der Waals surface area contributed by atoms with Crippen molar-refractivity contribution in [2.45, 2.75) is 26.2 Å². The molecule has 0 spiro atoms. The molecule has 18 heavy (non-hydrogen) atoms. The highest BCUT2D eigenvalue weighted by Gasteiger charge is 2.24. The Morgan fingerprint density at radius 3 is 2.72 bits per heavy atom. The number of aliphatic hydroxyl groups excluding tert-OH is 1. The molecule has 1 fully saturated rings. The van der Waals surface area contributed by atoms with Crippen molar-refractivity contribution in [2.75, 3.05) is 46.0 Å². The molecule has 0 unspecified atom stereocenters. The van der Waals surface area contributed by atoms with Crippen LogP contribution in [0.15, 0.2) is 0 Å². The number of nitrogens with zero attached hydrogens (tertiary/aromatic N) is 1. The Labute approximate surface area is 109 Å². The standard InChI is InChI=1S/C13H26N2O3/c1-2-5-14-13(17)12-3-6-15(7-4-12)8-10-18-11-9-16/h12,16H,2-11H2,1H3,(H,14,17). The number of hydrogen-bond donors (Lipinski definition) is 2. The minimum Gasteiger partial charge on any atom is -0.394 e. The fourth-order valence-electron chi connectivity index (χ4n) is 2.17. The lowest BCUT2D eigenvalue weighted by Crippen LogP contribution is -2.41. The van der Waals surface area contributed by atoms with E-state index < -0.39 is 0 Å². The summed E-state index contributed by atoms with van der Waals surface area (Å²) in [4.78, 5) is 14.1. The van der Waals surface area contributed by atoms with E-state index >= 15 is 0 Å². The van der Waals surface area contributed by atoms with Crippen molar-refractivity contribution in [3.63, 3.8) is 0 Å². The quantitative estimate of drug-likeness (QED) is 0.612. The molecule has 5 nitrogen and oxygen atoms in total. The molecular weight excluding hydrogens is 232 g/mol. The van der Waals surface area contributed by atoms with Gasteiger partial charge in [-0.25, -0.2) is 0 Å². The van der Waals surface area contributed by atoms with E-state index in [0.29, 0.717) is 13.2 Å². The van der Waals surface area contributed by atoms with E-state index in [1.807, 2.05) is 0 Å². The van der Waals surface area contributed by atoms with Crippen LogP contribution in [0.4, 0.5) is 0 Å². The van der Waals surface area contributed by atoms with Crippen molar-refractivity contribution >= 4 is 5.91 Å². The van der Waals surface area contributed by atoms with Crippen LogP contribution in [0.3, 0.4) is 0 Å². The van der Waals surface area contributed by atoms with Crippen LogP contribution in [0.2, 0.25) is 0 Å². The number of aliphatic hydroxyl groups is 1. The van der Waals surface area contributed by atoms with E-state index in [0.717, 1.165) is 45.4 Å². The number of piperidine rings is 1. The lowest BCUT2D eigenvalue weighted by molar-refractivity contribution is -0.126. The smallest absolute Gasteiger partial charge is 0.223 e. The number of likely N-dealkylation sites (tertiary alicyclic amines) is 1. The van der Waals surface area contributed by atoms with Gasteiger partial charge in [0.25, 0.3) is 0 Å². The maximum absolute atomic E-state index is 11.8. The minimum atomic E-state index is 0.0830. The van der Waals surface area contributed by atoms with Crippen molar-refractivity contribution in [3.8, 4) is 0 Å². The van der Waals surface area contributed by atoms with Gasteiger partial charge in [0, 0.05) is 19.0 Å². The summed E-state index contributed by atoms with van der Waals surface area (Å²) in [5.74, 6) is 0.402. The van der Waals surface area contributed by atoms with Crippen LogP contribution in [0, 0.1) is 5.92 Å². The second kappa shape index (κ2) is 9.30. The predicted molar refractivity (Wildman–Crippen MR) is 70.4 cm³/mol. The summed E-state index contributed by atoms with van der Waals surface area (Å²) >= 11 is 0. The van der Waals surface area contributed by atoms with E-state index in [4.69, 9.17) is 9.84 Å². The summed E-state index contributed by atoms with van der Waals surface area (Å²) in [6.45, 7) is 6.83. The molecular formula is C13H26N2O3. The van der Waals surface area contributed by atoms with Crippen molar-refractivity contribution in [1.29, 1.82) is 0 Å². The van der Waals surface area contributed by atoms with Crippen molar-refractivity contribution in [1.82, 2.24) is 10.2 Å². The molecule has 1 aliphatic heterocycles. The van der Waals surface area contributed by atoms with Gasteiger partial charge in [-0.3, -0.25) is 4.79 Å². The number of ether oxygens (including phenoxy) is 1. The first-order valence-electron chi connectivity index (χ1n) is 6.96. The second-order valence-electron chi connectivity index (χ2n) is 4.74. The van der Waals surface area contributed by atoms with E-state index in [1.54, 1.807) is 0 Å². The van der Waals surface area contributed by atoms with Crippen LogP contribution in [0.5, 0.6) is 0 Å². The molecule has 0 aromatic carbocycles. The highest BCUT2D eigenvalue weighted by atomic mass is 16.5. The summed E-state index contributed by atoms with van der Waals surface area (Å²) in [7, 11) is 0. The van der Waals surface area contributed by atoms with E-state index in [2.05, 4.69) is 17.1 Å². The zero-order chi connectivity index (χ0) is 13.2. The van der Waals surface area contributed by atoms with Gasteiger partial charge >= 0.3 is 0 Å². The van der Waals surface area contributed by atoms with Gasteiger partial charge in [-0.05, 0) is 32.4 Å². The van der Waals surface area contributed by atoms with E-state index in [-0.39, 0.29) is 18.4 Å². The summed E-state index contributed by atoms with van der Waals surface area (Å²) in [5.41, 5.74) is 0. The first-order valence-corrected chi connectivity index (χ1v) is 6.96. The third-order valence-corrected chi connectivity index (χ3v) is 3.30. The first kappa shape index (κ1) is 15.4. The van der Waals surface area contributed by atoms with Crippen LogP contribution in [-0.2, 0) is 9.53 Å². The van der Waals surface area contributed by atoms with Gasteiger partial charge in [-0.2, -0.15) is 0 Å². The first-order chi connectivity index (χ1) is 8.77. The molecule has 1 heterocycles. The fourth-order valence-corrected chi connectivity index (χ4v) is 2.17. The summed E-state index contributed by atoms with van der Waals surface area (Å²) in [6, 6.07) is 0. The van der Waals surface area contributed by atoms with Crippen LogP contribution in [-0.4, -0.2) is 61.9 Å². The van der Waals surface area contributed by atoms with Gasteiger partial charge in [0.1, 0.15) is 0 Å². The maximum Gasteiger partial charge on any atom is 0.223 e. The Balaban J connectivity index is 2.10. The van der Waals surface area contributed by atoms with Gasteiger partial charge in [0.2, 0.25) is 5.91 Å². The number of hydrogen-bond acceptors (Lipinski definition) is 4. The predicted octanol–water partition coefficient (Wildman–Crippen LogP) is 0.234. The van der Waals surface area contributed by atoms with Crippen molar-refractivity contribution in [2.24, 2.45) is 5.92 Å². The molecule has 0 atom stereocenters. The van der Waals surface area contributed by atoms with Crippen LogP contribution in [0.25, 0.3) is 0 Å². The number of rotatable bonds is 8. The number of amides is 1. The average Bonchev–Trinajstić information content (AvgIpc) is 2.41. The number of nitrogens with one attached hydrogen (secondary N) is 1. The van der Waals surface area contributed by atoms with Gasteiger partial charge in [-0.15, -0.1) is 0 Å². The zero-order valence-electron chi connectivity index (χ0n) is 11.4. The summed E-state index contributed by atoms with van der Waals surface area (Å²) in [6.07, 6.45) is 2.87. The highest BCUT2D eigenvalue weighted by molar-refractivity contribution is 5.78. The molecule has 1 amide bonds. The number of carbonyl (C=O) groups is 1. The Hall–Kier alpha value is -0.650. The van der Waals surface area contributed by atoms with Gasteiger partial charge in [-0.1, -0.05) is 6.92 Å². The summed E-state index contributed by atoms with van der Waals surface area (Å²) < 4.78 is 5.24. The topological polar surface area (TPSA) is 61.8 Å². The summed E-state index contributed by atoms with van der Waals surface area (Å²) in [5, 5.41) is 11.6. The van der Waals surface area contributed by atoms with Crippen LogP contribution >= 0.6 is 0 Å². The molecule has 0 aromatic heterocycles. The number of carbonyl (C=O) groups excluding carboxylic acids is 1. The Morgan fingerprint density at radius 1 is 1.39 bits per heavy atom. The molecule has 2 N–H and O–H groups in total. The van der Waals surface area contributed by atoms with Gasteiger partial charge < -0.3 is 20.1 Å².